The van der Waals surface area contributed by atoms with Crippen LogP contribution in [0.15, 0.2) is 18.2 Å². The van der Waals surface area contributed by atoms with Crippen LogP contribution in [0.5, 0.6) is 0 Å². The summed E-state index contributed by atoms with van der Waals surface area (Å²) in [5.74, 6) is -0.0521. The quantitative estimate of drug-likeness (QED) is 0.864. The summed E-state index contributed by atoms with van der Waals surface area (Å²) in [7, 11) is 0. The molecule has 0 atom stereocenters. The van der Waals surface area contributed by atoms with Gasteiger partial charge in [-0.1, -0.05) is 12.1 Å². The Kier molecular flexibility index (Phi) is 3.86. The first-order valence-corrected chi connectivity index (χ1v) is 6.23. The summed E-state index contributed by atoms with van der Waals surface area (Å²) < 4.78 is 0. The van der Waals surface area contributed by atoms with E-state index in [2.05, 4.69) is 5.32 Å². The van der Waals surface area contributed by atoms with Crippen molar-refractivity contribution in [3.05, 3.63) is 29.3 Å². The van der Waals surface area contributed by atoms with Gasteiger partial charge in [-0.15, -0.1) is 0 Å². The highest BCUT2D eigenvalue weighted by atomic mass is 16.2. The van der Waals surface area contributed by atoms with Crippen LogP contribution in [-0.2, 0) is 4.79 Å². The van der Waals surface area contributed by atoms with Crippen molar-refractivity contribution in [1.29, 1.82) is 0 Å². The van der Waals surface area contributed by atoms with E-state index in [0.29, 0.717) is 0 Å². The molecule has 1 amide bonds. The molecule has 18 heavy (non-hydrogen) atoms. The van der Waals surface area contributed by atoms with E-state index in [1.54, 1.807) is 0 Å². The summed E-state index contributed by atoms with van der Waals surface area (Å²) in [4.78, 5) is 12.4. The first-order valence-electron chi connectivity index (χ1n) is 6.23. The van der Waals surface area contributed by atoms with E-state index in [1.165, 1.54) is 0 Å². The minimum absolute atomic E-state index is 0.0521. The van der Waals surface area contributed by atoms with Gasteiger partial charge in [0.25, 0.3) is 0 Å². The zero-order chi connectivity index (χ0) is 14.1. The average Bonchev–Trinajstić information content (AvgIpc) is 2.21. The number of amides is 1. The summed E-state index contributed by atoms with van der Waals surface area (Å²) in [5, 5.41) is 2.98. The second-order valence-electron chi connectivity index (χ2n) is 6.12. The fraction of sp³-hybridized carbons (Fsp3) is 0.533. The molecule has 0 unspecified atom stereocenters. The van der Waals surface area contributed by atoms with E-state index in [-0.39, 0.29) is 5.91 Å². The van der Waals surface area contributed by atoms with Crippen molar-refractivity contribution in [3.63, 3.8) is 0 Å². The van der Waals surface area contributed by atoms with Gasteiger partial charge in [0.1, 0.15) is 0 Å². The van der Waals surface area contributed by atoms with Gasteiger partial charge in [-0.2, -0.15) is 0 Å². The maximum absolute atomic E-state index is 12.4. The Morgan fingerprint density at radius 1 is 1.17 bits per heavy atom. The third kappa shape index (κ3) is 2.91. The molecule has 0 aliphatic carbocycles. The van der Waals surface area contributed by atoms with Gasteiger partial charge in [0, 0.05) is 11.2 Å². The number of rotatable bonds is 3. The van der Waals surface area contributed by atoms with Crippen molar-refractivity contribution in [1.82, 2.24) is 0 Å². The largest absolute Gasteiger partial charge is 0.325 e. The van der Waals surface area contributed by atoms with E-state index in [9.17, 15) is 4.79 Å². The number of benzene rings is 1. The number of hydrogen-bond donors (Lipinski definition) is 2. The summed E-state index contributed by atoms with van der Waals surface area (Å²) in [5.41, 5.74) is 7.90. The standard InChI is InChI=1S/C15H24N2O/c1-10-7-8-11(2)12(9-10)17-13(18)14(3,4)15(5,6)16/h7-9H,16H2,1-6H3,(H,17,18). The molecule has 3 N–H and O–H groups in total. The van der Waals surface area contributed by atoms with Crippen LogP contribution in [0.1, 0.15) is 38.8 Å². The monoisotopic (exact) mass is 248 g/mol. The maximum Gasteiger partial charge on any atom is 0.231 e. The molecule has 0 saturated carbocycles. The normalized spacial score (nSPS) is 12.4. The van der Waals surface area contributed by atoms with Crippen LogP contribution in [0.25, 0.3) is 0 Å². The molecular weight excluding hydrogens is 224 g/mol. The van der Waals surface area contributed by atoms with Gasteiger partial charge in [0.2, 0.25) is 5.91 Å². The third-order valence-corrected chi connectivity index (χ3v) is 3.82. The fourth-order valence-electron chi connectivity index (χ4n) is 1.44. The molecule has 3 heteroatoms. The predicted octanol–water partition coefficient (Wildman–Crippen LogP) is 3.01. The van der Waals surface area contributed by atoms with E-state index >= 15 is 0 Å². The summed E-state index contributed by atoms with van der Waals surface area (Å²) in [6.45, 7) is 11.5. The van der Waals surface area contributed by atoms with Crippen LogP contribution in [0, 0.1) is 19.3 Å². The predicted molar refractivity (Wildman–Crippen MR) is 76.6 cm³/mol. The molecule has 0 radical (unpaired) electrons. The SMILES string of the molecule is Cc1ccc(C)c(NC(=O)C(C)(C)C(C)(C)N)c1. The topological polar surface area (TPSA) is 55.1 Å². The molecule has 0 aliphatic rings. The van der Waals surface area contributed by atoms with E-state index in [1.807, 2.05) is 59.7 Å². The highest BCUT2D eigenvalue weighted by Crippen LogP contribution is 2.30. The molecule has 0 spiro atoms. The third-order valence-electron chi connectivity index (χ3n) is 3.82. The molecule has 0 aliphatic heterocycles. The number of nitrogens with two attached hydrogens (primary N) is 1. The van der Waals surface area contributed by atoms with E-state index in [4.69, 9.17) is 5.73 Å². The number of nitrogens with one attached hydrogen (secondary N) is 1. The summed E-state index contributed by atoms with van der Waals surface area (Å²) in [6.07, 6.45) is 0. The molecule has 3 nitrogen and oxygen atoms in total. The number of aryl methyl sites for hydroxylation is 2. The Labute approximate surface area is 110 Å². The van der Waals surface area contributed by atoms with Crippen molar-refractivity contribution >= 4 is 11.6 Å². The molecule has 1 aromatic carbocycles. The van der Waals surface area contributed by atoms with Crippen LogP contribution in [-0.4, -0.2) is 11.4 Å². The molecule has 1 rings (SSSR count). The lowest BCUT2D eigenvalue weighted by Crippen LogP contribution is -2.53. The molecule has 100 valence electrons. The van der Waals surface area contributed by atoms with Gasteiger partial charge in [-0.05, 0) is 58.7 Å². The molecular formula is C15H24N2O. The molecule has 0 saturated heterocycles. The summed E-state index contributed by atoms with van der Waals surface area (Å²) in [6, 6.07) is 6.02. The van der Waals surface area contributed by atoms with Crippen molar-refractivity contribution in [3.8, 4) is 0 Å². The zero-order valence-corrected chi connectivity index (χ0v) is 12.2. The number of carbonyl (C=O) groups is 1. The minimum atomic E-state index is -0.636. The molecule has 0 fully saturated rings. The second kappa shape index (κ2) is 4.73. The molecule has 0 bridgehead atoms. The highest BCUT2D eigenvalue weighted by molar-refractivity contribution is 5.96. The maximum atomic E-state index is 12.4. The Morgan fingerprint density at radius 2 is 1.72 bits per heavy atom. The van der Waals surface area contributed by atoms with Crippen molar-refractivity contribution in [2.24, 2.45) is 11.1 Å². The second-order valence-corrected chi connectivity index (χ2v) is 6.12. The Morgan fingerprint density at radius 3 is 2.22 bits per heavy atom. The lowest BCUT2D eigenvalue weighted by molar-refractivity contribution is -0.126. The van der Waals surface area contributed by atoms with Gasteiger partial charge in [0.15, 0.2) is 0 Å². The number of anilines is 1. The van der Waals surface area contributed by atoms with Gasteiger partial charge in [-0.25, -0.2) is 0 Å². The highest BCUT2D eigenvalue weighted by Gasteiger charge is 2.40. The smallest absolute Gasteiger partial charge is 0.231 e. The number of carbonyl (C=O) groups excluding carboxylic acids is 1. The number of hydrogen-bond acceptors (Lipinski definition) is 2. The fourth-order valence-corrected chi connectivity index (χ4v) is 1.44. The lowest BCUT2D eigenvalue weighted by atomic mass is 9.74. The Bertz CT molecular complexity index is 456. The van der Waals surface area contributed by atoms with Crippen molar-refractivity contribution in [2.45, 2.75) is 47.1 Å². The Balaban J connectivity index is 2.98. The Hall–Kier alpha value is -1.35. The molecule has 0 heterocycles. The summed E-state index contributed by atoms with van der Waals surface area (Å²) >= 11 is 0. The van der Waals surface area contributed by atoms with Crippen LogP contribution in [0.2, 0.25) is 0 Å². The van der Waals surface area contributed by atoms with Gasteiger partial charge >= 0.3 is 0 Å². The van der Waals surface area contributed by atoms with E-state index in [0.717, 1.165) is 16.8 Å². The minimum Gasteiger partial charge on any atom is -0.325 e. The lowest BCUT2D eigenvalue weighted by Gasteiger charge is -2.37. The first kappa shape index (κ1) is 14.7. The van der Waals surface area contributed by atoms with Crippen LogP contribution >= 0.6 is 0 Å². The van der Waals surface area contributed by atoms with Gasteiger partial charge in [0.05, 0.1) is 5.41 Å². The molecule has 1 aromatic rings. The zero-order valence-electron chi connectivity index (χ0n) is 12.2. The van der Waals surface area contributed by atoms with Crippen LogP contribution < -0.4 is 11.1 Å². The van der Waals surface area contributed by atoms with Gasteiger partial charge < -0.3 is 11.1 Å². The van der Waals surface area contributed by atoms with Gasteiger partial charge in [-0.3, -0.25) is 4.79 Å². The molecule has 0 aromatic heterocycles. The van der Waals surface area contributed by atoms with Crippen LogP contribution in [0.3, 0.4) is 0 Å². The van der Waals surface area contributed by atoms with Crippen molar-refractivity contribution in [2.75, 3.05) is 5.32 Å². The van der Waals surface area contributed by atoms with Crippen LogP contribution in [0.4, 0.5) is 5.69 Å². The first-order chi connectivity index (χ1) is 8.05. The van der Waals surface area contributed by atoms with Crippen molar-refractivity contribution < 1.29 is 4.79 Å². The average molecular weight is 248 g/mol. The van der Waals surface area contributed by atoms with E-state index < -0.39 is 11.0 Å².